The molecule has 7 nitrogen and oxygen atoms in total. The van der Waals surface area contributed by atoms with Crippen molar-refractivity contribution in [3.05, 3.63) is 54.1 Å². The summed E-state index contributed by atoms with van der Waals surface area (Å²) >= 11 is 0. The van der Waals surface area contributed by atoms with Crippen molar-refractivity contribution >= 4 is 23.8 Å². The van der Waals surface area contributed by atoms with Crippen molar-refractivity contribution in [3.8, 4) is 11.5 Å². The first-order valence-electron chi connectivity index (χ1n) is 8.66. The third-order valence-electron chi connectivity index (χ3n) is 3.94. The molecule has 27 heavy (non-hydrogen) atoms. The van der Waals surface area contributed by atoms with Gasteiger partial charge in [-0.25, -0.2) is 5.43 Å². The highest BCUT2D eigenvalue weighted by molar-refractivity contribution is 5.85. The van der Waals surface area contributed by atoms with Crippen LogP contribution in [0.5, 0.6) is 11.5 Å². The molecule has 0 aliphatic heterocycles. The van der Waals surface area contributed by atoms with Gasteiger partial charge in [0.05, 0.1) is 25.8 Å². The lowest BCUT2D eigenvalue weighted by Crippen LogP contribution is -2.25. The maximum absolute atomic E-state index is 11.8. The molecule has 0 heterocycles. The molecule has 0 aromatic heterocycles. The van der Waals surface area contributed by atoms with Gasteiger partial charge < -0.3 is 14.8 Å². The maximum Gasteiger partial charge on any atom is 0.314 e. The number of para-hydroxylation sites is 1. The van der Waals surface area contributed by atoms with Gasteiger partial charge in [-0.05, 0) is 48.7 Å². The average molecular weight is 367 g/mol. The van der Waals surface area contributed by atoms with Gasteiger partial charge in [-0.2, -0.15) is 5.10 Å². The van der Waals surface area contributed by atoms with Gasteiger partial charge >= 0.3 is 5.97 Å². The van der Waals surface area contributed by atoms with Crippen LogP contribution < -0.4 is 20.2 Å². The van der Waals surface area contributed by atoms with Crippen molar-refractivity contribution in [2.24, 2.45) is 11.0 Å². The minimum Gasteiger partial charge on any atom is -0.493 e. The van der Waals surface area contributed by atoms with E-state index in [1.807, 2.05) is 30.3 Å². The lowest BCUT2D eigenvalue weighted by Gasteiger charge is -2.09. The Kier molecular flexibility index (Phi) is 6.04. The Morgan fingerprint density at radius 3 is 2.63 bits per heavy atom. The zero-order chi connectivity index (χ0) is 19.1. The Bertz CT molecular complexity index is 832. The van der Waals surface area contributed by atoms with Crippen molar-refractivity contribution in [2.75, 3.05) is 19.0 Å². The minimum absolute atomic E-state index is 0.00986. The molecule has 1 saturated carbocycles. The van der Waals surface area contributed by atoms with Crippen molar-refractivity contribution in [2.45, 2.75) is 12.8 Å². The highest BCUT2D eigenvalue weighted by atomic mass is 16.6. The molecule has 2 aromatic rings. The maximum atomic E-state index is 11.8. The number of amides is 1. The van der Waals surface area contributed by atoms with E-state index in [1.165, 1.54) is 13.3 Å². The first-order valence-corrected chi connectivity index (χ1v) is 8.66. The molecule has 1 aliphatic rings. The van der Waals surface area contributed by atoms with Gasteiger partial charge in [-0.15, -0.1) is 0 Å². The zero-order valence-corrected chi connectivity index (χ0v) is 15.0. The van der Waals surface area contributed by atoms with E-state index in [0.29, 0.717) is 17.1 Å². The second-order valence-corrected chi connectivity index (χ2v) is 6.12. The second kappa shape index (κ2) is 8.84. The van der Waals surface area contributed by atoms with Crippen molar-refractivity contribution in [3.63, 3.8) is 0 Å². The summed E-state index contributed by atoms with van der Waals surface area (Å²) < 4.78 is 10.6. The number of methoxy groups -OCH3 is 1. The predicted octanol–water partition coefficient (Wildman–Crippen LogP) is 2.57. The van der Waals surface area contributed by atoms with Crippen LogP contribution in [0.1, 0.15) is 18.4 Å². The van der Waals surface area contributed by atoms with E-state index in [0.717, 1.165) is 18.5 Å². The molecular weight excluding hydrogens is 346 g/mol. The van der Waals surface area contributed by atoms with Gasteiger partial charge in [0, 0.05) is 5.69 Å². The van der Waals surface area contributed by atoms with Gasteiger partial charge in [0.25, 0.3) is 5.91 Å². The molecule has 0 unspecified atom stereocenters. The largest absolute Gasteiger partial charge is 0.493 e. The summed E-state index contributed by atoms with van der Waals surface area (Å²) in [6, 6.07) is 14.5. The summed E-state index contributed by atoms with van der Waals surface area (Å²) in [6.07, 6.45) is 3.25. The van der Waals surface area contributed by atoms with E-state index in [4.69, 9.17) is 9.47 Å². The standard InChI is InChI=1S/C20H21N3O4/c1-26-18-11-14(7-10-17(18)27-20(25)15-8-9-15)12-22-23-19(24)13-21-16-5-3-2-4-6-16/h2-7,10-12,15,21H,8-9,13H2,1H3,(H,23,24)/b22-12-. The molecule has 1 amide bonds. The van der Waals surface area contributed by atoms with Gasteiger partial charge in [-0.3, -0.25) is 9.59 Å². The normalized spacial score (nSPS) is 13.2. The molecule has 0 saturated heterocycles. The number of benzene rings is 2. The second-order valence-electron chi connectivity index (χ2n) is 6.12. The van der Waals surface area contributed by atoms with Crippen molar-refractivity contribution in [1.29, 1.82) is 0 Å². The van der Waals surface area contributed by atoms with Crippen molar-refractivity contribution < 1.29 is 19.1 Å². The Hall–Kier alpha value is -3.35. The van der Waals surface area contributed by atoms with Crippen molar-refractivity contribution in [1.82, 2.24) is 5.43 Å². The number of hydrogen-bond donors (Lipinski definition) is 2. The van der Waals surface area contributed by atoms with E-state index in [1.54, 1.807) is 18.2 Å². The monoisotopic (exact) mass is 367 g/mol. The molecule has 0 radical (unpaired) electrons. The molecule has 0 spiro atoms. The number of ether oxygens (including phenoxy) is 2. The van der Waals surface area contributed by atoms with Crippen LogP contribution in [0.15, 0.2) is 53.6 Å². The van der Waals surface area contributed by atoms with Crippen LogP contribution in [0.3, 0.4) is 0 Å². The minimum atomic E-state index is -0.267. The molecule has 0 atom stereocenters. The lowest BCUT2D eigenvalue weighted by molar-refractivity contribution is -0.135. The summed E-state index contributed by atoms with van der Waals surface area (Å²) in [6.45, 7) is 0.112. The molecule has 3 rings (SSSR count). The van der Waals surface area contributed by atoms with Gasteiger partial charge in [0.2, 0.25) is 0 Å². The van der Waals surface area contributed by atoms with E-state index in [-0.39, 0.29) is 24.3 Å². The first kappa shape index (κ1) is 18.4. The third kappa shape index (κ3) is 5.57. The first-order chi connectivity index (χ1) is 13.2. The Labute approximate surface area is 157 Å². The summed E-state index contributed by atoms with van der Waals surface area (Å²) in [5.74, 6) is 0.327. The van der Waals surface area contributed by atoms with E-state index < -0.39 is 0 Å². The SMILES string of the molecule is COc1cc(/C=N\NC(=O)CNc2ccccc2)ccc1OC(=O)C1CC1. The van der Waals surface area contributed by atoms with Gasteiger partial charge in [0.1, 0.15) is 0 Å². The number of nitrogens with zero attached hydrogens (tertiary/aromatic N) is 1. The topological polar surface area (TPSA) is 89.0 Å². The molecule has 2 aromatic carbocycles. The van der Waals surface area contributed by atoms with Crippen LogP contribution in [0.4, 0.5) is 5.69 Å². The van der Waals surface area contributed by atoms with Crippen LogP contribution in [-0.4, -0.2) is 31.7 Å². The van der Waals surface area contributed by atoms with Gasteiger partial charge in [-0.1, -0.05) is 18.2 Å². The summed E-state index contributed by atoms with van der Waals surface area (Å²) in [5, 5.41) is 6.93. The quantitative estimate of drug-likeness (QED) is 0.324. The molecule has 0 bridgehead atoms. The number of anilines is 1. The smallest absolute Gasteiger partial charge is 0.314 e. The summed E-state index contributed by atoms with van der Waals surface area (Å²) in [4.78, 5) is 23.6. The van der Waals surface area contributed by atoms with Crippen LogP contribution in [0, 0.1) is 5.92 Å². The third-order valence-corrected chi connectivity index (χ3v) is 3.94. The van der Waals surface area contributed by atoms with E-state index >= 15 is 0 Å². The zero-order valence-electron chi connectivity index (χ0n) is 15.0. The number of esters is 1. The van der Waals surface area contributed by atoms with Crippen LogP contribution in [-0.2, 0) is 9.59 Å². The van der Waals surface area contributed by atoms with E-state index in [2.05, 4.69) is 15.8 Å². The average Bonchev–Trinajstić information content (AvgIpc) is 3.53. The molecule has 2 N–H and O–H groups in total. The Morgan fingerprint density at radius 2 is 1.93 bits per heavy atom. The molecule has 1 fully saturated rings. The van der Waals surface area contributed by atoms with Crippen LogP contribution >= 0.6 is 0 Å². The highest BCUT2D eigenvalue weighted by Gasteiger charge is 2.32. The molecule has 140 valence electrons. The fourth-order valence-corrected chi connectivity index (χ4v) is 2.32. The van der Waals surface area contributed by atoms with Crippen LogP contribution in [0.25, 0.3) is 0 Å². The number of nitrogens with one attached hydrogen (secondary N) is 2. The molecule has 7 heteroatoms. The number of carbonyl (C=O) groups excluding carboxylic acids is 2. The Balaban J connectivity index is 1.51. The fourth-order valence-electron chi connectivity index (χ4n) is 2.32. The Morgan fingerprint density at radius 1 is 1.15 bits per heavy atom. The van der Waals surface area contributed by atoms with E-state index in [9.17, 15) is 9.59 Å². The number of carbonyl (C=O) groups is 2. The van der Waals surface area contributed by atoms with Gasteiger partial charge in [0.15, 0.2) is 11.5 Å². The molecule has 1 aliphatic carbocycles. The summed E-state index contributed by atoms with van der Waals surface area (Å²) in [7, 11) is 1.50. The van der Waals surface area contributed by atoms with Crippen LogP contribution in [0.2, 0.25) is 0 Å². The lowest BCUT2D eigenvalue weighted by atomic mass is 10.2. The number of hydrazone groups is 1. The fraction of sp³-hybridized carbons (Fsp3) is 0.250. The summed E-state index contributed by atoms with van der Waals surface area (Å²) in [5.41, 5.74) is 4.01. The predicted molar refractivity (Wildman–Crippen MR) is 102 cm³/mol. The molecular formula is C20H21N3O4. The number of hydrogen-bond acceptors (Lipinski definition) is 6. The number of rotatable bonds is 8. The highest BCUT2D eigenvalue weighted by Crippen LogP contribution is 2.34.